The first-order chi connectivity index (χ1) is 7.97. The van der Waals surface area contributed by atoms with E-state index in [1.165, 1.54) is 0 Å². The van der Waals surface area contributed by atoms with Crippen molar-refractivity contribution in [2.45, 2.75) is 39.8 Å². The minimum Gasteiger partial charge on any atom is -0.363 e. The van der Waals surface area contributed by atoms with Gasteiger partial charge in [-0.25, -0.2) is 4.68 Å². The van der Waals surface area contributed by atoms with E-state index in [0.717, 1.165) is 6.42 Å². The average molecular weight is 241 g/mol. The highest BCUT2D eigenvalue weighted by Crippen LogP contribution is 2.28. The quantitative estimate of drug-likeness (QED) is 0.577. The third-order valence-corrected chi connectivity index (χ3v) is 2.31. The topological polar surface area (TPSA) is 99.0 Å². The van der Waals surface area contributed by atoms with Crippen LogP contribution in [0.3, 0.4) is 0 Å². The zero-order valence-electron chi connectivity index (χ0n) is 10.4. The monoisotopic (exact) mass is 241 g/mol. The minimum absolute atomic E-state index is 0.0408. The Morgan fingerprint density at radius 1 is 1.65 bits per heavy atom. The van der Waals surface area contributed by atoms with E-state index in [9.17, 15) is 10.1 Å². The largest absolute Gasteiger partial charge is 0.363 e. The molecule has 0 aliphatic heterocycles. The second-order valence-corrected chi connectivity index (χ2v) is 4.12. The van der Waals surface area contributed by atoms with Crippen molar-refractivity contribution in [1.29, 1.82) is 0 Å². The van der Waals surface area contributed by atoms with Crippen molar-refractivity contribution in [2.75, 3.05) is 11.9 Å². The maximum absolute atomic E-state index is 11.0. The number of nitrogens with zero attached hydrogens (tertiary/aromatic N) is 3. The first kappa shape index (κ1) is 13.4. The zero-order valence-corrected chi connectivity index (χ0v) is 10.4. The molecule has 1 heterocycles. The molecule has 1 aromatic heterocycles. The number of rotatable bonds is 6. The van der Waals surface area contributed by atoms with E-state index < -0.39 is 4.92 Å². The smallest absolute Gasteiger partial charge is 0.333 e. The summed E-state index contributed by atoms with van der Waals surface area (Å²) in [6.07, 6.45) is 0.866. The number of nitrogens with one attached hydrogen (secondary N) is 1. The van der Waals surface area contributed by atoms with Crippen molar-refractivity contribution < 1.29 is 4.92 Å². The summed E-state index contributed by atoms with van der Waals surface area (Å²) in [5, 5.41) is 18.2. The van der Waals surface area contributed by atoms with Gasteiger partial charge in [-0.15, -0.1) is 0 Å². The predicted molar refractivity (Wildman–Crippen MR) is 66.0 cm³/mol. The summed E-state index contributed by atoms with van der Waals surface area (Å²) in [5.74, 6) is 0.451. The highest BCUT2D eigenvalue weighted by atomic mass is 16.6. The molecule has 1 atom stereocenters. The molecule has 7 nitrogen and oxygen atoms in total. The van der Waals surface area contributed by atoms with E-state index in [4.69, 9.17) is 5.73 Å². The lowest BCUT2D eigenvalue weighted by molar-refractivity contribution is -0.384. The van der Waals surface area contributed by atoms with Gasteiger partial charge in [0, 0.05) is 19.1 Å². The molecule has 0 aliphatic rings. The summed E-state index contributed by atoms with van der Waals surface area (Å²) in [4.78, 5) is 10.6. The van der Waals surface area contributed by atoms with E-state index >= 15 is 0 Å². The second kappa shape index (κ2) is 5.62. The molecule has 3 N–H and O–H groups in total. The summed E-state index contributed by atoms with van der Waals surface area (Å²) in [6, 6.07) is -0.0695. The Labute approximate surface area is 100 Å². The molecular weight excluding hydrogens is 222 g/mol. The lowest BCUT2D eigenvalue weighted by atomic mass is 10.3. The van der Waals surface area contributed by atoms with Gasteiger partial charge in [-0.2, -0.15) is 5.10 Å². The Bertz CT molecular complexity index is 400. The predicted octanol–water partition coefficient (Wildman–Crippen LogP) is 1.27. The van der Waals surface area contributed by atoms with Crippen LogP contribution >= 0.6 is 0 Å². The lowest BCUT2D eigenvalue weighted by Crippen LogP contribution is -2.26. The molecule has 17 heavy (non-hydrogen) atoms. The van der Waals surface area contributed by atoms with Gasteiger partial charge in [0.1, 0.15) is 5.69 Å². The summed E-state index contributed by atoms with van der Waals surface area (Å²) >= 11 is 0. The van der Waals surface area contributed by atoms with Gasteiger partial charge in [0.15, 0.2) is 0 Å². The fourth-order valence-electron chi connectivity index (χ4n) is 1.60. The van der Waals surface area contributed by atoms with E-state index in [-0.39, 0.29) is 11.7 Å². The molecule has 0 saturated heterocycles. The van der Waals surface area contributed by atoms with Crippen LogP contribution in [0, 0.1) is 17.0 Å². The molecule has 1 unspecified atom stereocenters. The number of aromatic nitrogens is 2. The van der Waals surface area contributed by atoms with Crippen molar-refractivity contribution in [3.8, 4) is 0 Å². The molecule has 0 saturated carbocycles. The van der Waals surface area contributed by atoms with Crippen LogP contribution in [0.2, 0.25) is 0 Å². The first-order valence-electron chi connectivity index (χ1n) is 5.68. The van der Waals surface area contributed by atoms with Gasteiger partial charge in [0.05, 0.1) is 4.92 Å². The number of hydrogen-bond donors (Lipinski definition) is 2. The van der Waals surface area contributed by atoms with Crippen LogP contribution in [0.25, 0.3) is 0 Å². The summed E-state index contributed by atoms with van der Waals surface area (Å²) in [6.45, 7) is 6.61. The fourth-order valence-corrected chi connectivity index (χ4v) is 1.60. The van der Waals surface area contributed by atoms with Crippen LogP contribution in [0.4, 0.5) is 11.5 Å². The molecule has 0 aliphatic carbocycles. The van der Waals surface area contributed by atoms with Crippen LogP contribution < -0.4 is 11.1 Å². The molecule has 0 bridgehead atoms. The Hall–Kier alpha value is -1.63. The van der Waals surface area contributed by atoms with Crippen LogP contribution in [0.5, 0.6) is 0 Å². The Morgan fingerprint density at radius 3 is 2.76 bits per heavy atom. The second-order valence-electron chi connectivity index (χ2n) is 4.12. The highest BCUT2D eigenvalue weighted by Gasteiger charge is 2.24. The molecule has 0 amide bonds. The number of anilines is 1. The summed E-state index contributed by atoms with van der Waals surface area (Å²) in [7, 11) is 0. The molecule has 0 aromatic carbocycles. The number of nitrogens with two attached hydrogens (primary N) is 1. The SMILES string of the molecule is CCCn1nc(C)c([N+](=O)[O-])c1NCC(C)N. The standard InChI is InChI=1S/C10H19N5O2/c1-4-5-14-10(12-6-7(2)11)9(15(16)17)8(3)13-14/h7,12H,4-6,11H2,1-3H3. The van der Waals surface area contributed by atoms with Crippen LogP contribution in [-0.2, 0) is 6.54 Å². The van der Waals surface area contributed by atoms with E-state index in [0.29, 0.717) is 24.6 Å². The van der Waals surface area contributed by atoms with E-state index in [1.807, 2.05) is 13.8 Å². The van der Waals surface area contributed by atoms with Gasteiger partial charge in [0.2, 0.25) is 5.82 Å². The van der Waals surface area contributed by atoms with Crippen molar-refractivity contribution >= 4 is 11.5 Å². The molecular formula is C10H19N5O2. The van der Waals surface area contributed by atoms with E-state index in [1.54, 1.807) is 11.6 Å². The molecule has 96 valence electrons. The Balaban J connectivity index is 3.06. The normalized spacial score (nSPS) is 12.5. The number of hydrogen-bond acceptors (Lipinski definition) is 5. The van der Waals surface area contributed by atoms with Gasteiger partial charge < -0.3 is 11.1 Å². The molecule has 1 rings (SSSR count). The highest BCUT2D eigenvalue weighted by molar-refractivity contribution is 5.59. The van der Waals surface area contributed by atoms with Crippen LogP contribution in [0.15, 0.2) is 0 Å². The molecule has 0 radical (unpaired) electrons. The van der Waals surface area contributed by atoms with Crippen molar-refractivity contribution in [3.05, 3.63) is 15.8 Å². The van der Waals surface area contributed by atoms with Gasteiger partial charge in [0.25, 0.3) is 0 Å². The third kappa shape index (κ3) is 3.16. The molecule has 0 fully saturated rings. The molecule has 7 heteroatoms. The van der Waals surface area contributed by atoms with Crippen LogP contribution in [-0.4, -0.2) is 27.3 Å². The summed E-state index contributed by atoms with van der Waals surface area (Å²) < 4.78 is 1.63. The van der Waals surface area contributed by atoms with Crippen molar-refractivity contribution in [3.63, 3.8) is 0 Å². The zero-order chi connectivity index (χ0) is 13.0. The minimum atomic E-state index is -0.405. The number of nitro groups is 1. The fraction of sp³-hybridized carbons (Fsp3) is 0.700. The van der Waals surface area contributed by atoms with Crippen LogP contribution in [0.1, 0.15) is 26.0 Å². The first-order valence-corrected chi connectivity index (χ1v) is 5.68. The van der Waals surface area contributed by atoms with E-state index in [2.05, 4.69) is 10.4 Å². The Morgan fingerprint density at radius 2 is 2.29 bits per heavy atom. The van der Waals surface area contributed by atoms with Gasteiger partial charge in [-0.3, -0.25) is 10.1 Å². The Kier molecular flexibility index (Phi) is 4.45. The average Bonchev–Trinajstić information content (AvgIpc) is 2.52. The third-order valence-electron chi connectivity index (χ3n) is 2.31. The van der Waals surface area contributed by atoms with Gasteiger partial charge >= 0.3 is 5.69 Å². The van der Waals surface area contributed by atoms with Gasteiger partial charge in [-0.1, -0.05) is 6.92 Å². The maximum Gasteiger partial charge on any atom is 0.333 e. The lowest BCUT2D eigenvalue weighted by Gasteiger charge is -2.10. The molecule has 0 spiro atoms. The number of aryl methyl sites for hydroxylation is 2. The van der Waals surface area contributed by atoms with Gasteiger partial charge in [-0.05, 0) is 20.3 Å². The van der Waals surface area contributed by atoms with Crippen molar-refractivity contribution in [2.24, 2.45) is 5.73 Å². The maximum atomic E-state index is 11.0. The van der Waals surface area contributed by atoms with Crippen molar-refractivity contribution in [1.82, 2.24) is 9.78 Å². The molecule has 1 aromatic rings. The summed E-state index contributed by atoms with van der Waals surface area (Å²) in [5.41, 5.74) is 6.10.